The van der Waals surface area contributed by atoms with Gasteiger partial charge in [-0.2, -0.15) is 0 Å². The summed E-state index contributed by atoms with van der Waals surface area (Å²) in [6.45, 7) is 8.91. The normalized spacial score (nSPS) is 17.8. The molecule has 1 aromatic rings. The molecule has 1 heterocycles. The number of likely N-dealkylation sites (tertiary alicyclic amines) is 1. The first-order chi connectivity index (χ1) is 12.7. The molecule has 2 rings (SSSR count). The molecule has 0 aromatic heterocycles. The Morgan fingerprint density at radius 1 is 1.27 bits per heavy atom. The zero-order chi connectivity index (χ0) is 18.8. The quantitative estimate of drug-likeness (QED) is 0.513. The van der Waals surface area contributed by atoms with Crippen LogP contribution in [0.4, 0.5) is 10.5 Å². The van der Waals surface area contributed by atoms with E-state index in [2.05, 4.69) is 44.4 Å². The number of carbonyl (C=O) groups is 1. The summed E-state index contributed by atoms with van der Waals surface area (Å²) in [7, 11) is 1.35. The molecule has 1 aliphatic heterocycles. The van der Waals surface area contributed by atoms with Gasteiger partial charge in [0.05, 0.1) is 13.7 Å². The number of aliphatic imine (C=N–C) groups is 1. The first kappa shape index (κ1) is 20.0. The third-order valence-electron chi connectivity index (χ3n) is 4.56. The molecule has 144 valence electrons. The number of rotatable bonds is 7. The zero-order valence-corrected chi connectivity index (χ0v) is 16.0. The second kappa shape index (κ2) is 10.7. The van der Waals surface area contributed by atoms with E-state index in [0.717, 1.165) is 31.2 Å². The summed E-state index contributed by atoms with van der Waals surface area (Å²) in [5, 5.41) is 9.41. The van der Waals surface area contributed by atoms with Crippen molar-refractivity contribution in [2.75, 3.05) is 38.6 Å². The molecular formula is C19H31N5O2. The van der Waals surface area contributed by atoms with Crippen molar-refractivity contribution in [2.45, 2.75) is 39.3 Å². The number of hydrogen-bond acceptors (Lipinski definition) is 4. The number of nitrogens with zero attached hydrogens (tertiary/aromatic N) is 2. The minimum atomic E-state index is -0.470. The number of ether oxygens (including phenoxy) is 1. The molecule has 1 aliphatic rings. The second-order valence-corrected chi connectivity index (χ2v) is 6.31. The van der Waals surface area contributed by atoms with Crippen LogP contribution in [0.3, 0.4) is 0 Å². The number of likely N-dealkylation sites (N-methyl/N-ethyl adjacent to an activating group) is 1. The lowest BCUT2D eigenvalue weighted by Crippen LogP contribution is -2.44. The Kier molecular flexibility index (Phi) is 8.21. The van der Waals surface area contributed by atoms with E-state index in [0.29, 0.717) is 18.3 Å². The van der Waals surface area contributed by atoms with E-state index in [1.165, 1.54) is 26.5 Å². The van der Waals surface area contributed by atoms with E-state index in [9.17, 15) is 4.79 Å². The Morgan fingerprint density at radius 3 is 2.69 bits per heavy atom. The Hall–Kier alpha value is -2.28. The molecule has 1 atom stereocenters. The number of guanidine groups is 1. The standard InChI is InChI=1S/C19H31N5O2/c1-4-20-18(22-14-17-7-6-12-24(17)5-2)21-13-15-8-10-16(11-9-15)23-19(25)26-3/h8-11,17H,4-7,12-14H2,1-3H3,(H,23,25)(H2,20,21,22). The Balaban J connectivity index is 1.88. The van der Waals surface area contributed by atoms with Gasteiger partial charge in [-0.15, -0.1) is 0 Å². The minimum absolute atomic E-state index is 0.470. The van der Waals surface area contributed by atoms with Crippen molar-refractivity contribution in [1.29, 1.82) is 0 Å². The van der Waals surface area contributed by atoms with Gasteiger partial charge in [0, 0.05) is 24.8 Å². The average Bonchev–Trinajstić information content (AvgIpc) is 3.12. The van der Waals surface area contributed by atoms with Gasteiger partial charge in [0.2, 0.25) is 0 Å². The number of hydrogen-bond donors (Lipinski definition) is 3. The zero-order valence-electron chi connectivity index (χ0n) is 16.0. The van der Waals surface area contributed by atoms with Gasteiger partial charge in [-0.25, -0.2) is 9.79 Å². The molecule has 1 aromatic carbocycles. The van der Waals surface area contributed by atoms with Gasteiger partial charge in [-0.3, -0.25) is 10.2 Å². The summed E-state index contributed by atoms with van der Waals surface area (Å²) >= 11 is 0. The lowest BCUT2D eigenvalue weighted by Gasteiger charge is -2.24. The highest BCUT2D eigenvalue weighted by atomic mass is 16.5. The van der Waals surface area contributed by atoms with E-state index in [1.54, 1.807) is 0 Å². The highest BCUT2D eigenvalue weighted by Gasteiger charge is 2.22. The molecule has 0 bridgehead atoms. The lowest BCUT2D eigenvalue weighted by molar-refractivity contribution is 0.187. The third-order valence-corrected chi connectivity index (χ3v) is 4.56. The lowest BCUT2D eigenvalue weighted by atomic mass is 10.2. The van der Waals surface area contributed by atoms with Crippen molar-refractivity contribution in [3.63, 3.8) is 0 Å². The molecule has 3 N–H and O–H groups in total. The summed E-state index contributed by atoms with van der Waals surface area (Å²) < 4.78 is 4.58. The van der Waals surface area contributed by atoms with Crippen LogP contribution >= 0.6 is 0 Å². The van der Waals surface area contributed by atoms with Crippen molar-refractivity contribution in [3.8, 4) is 0 Å². The van der Waals surface area contributed by atoms with Crippen LogP contribution in [-0.4, -0.2) is 56.3 Å². The molecule has 0 aliphatic carbocycles. The van der Waals surface area contributed by atoms with Crippen molar-refractivity contribution in [2.24, 2.45) is 4.99 Å². The first-order valence-electron chi connectivity index (χ1n) is 9.36. The van der Waals surface area contributed by atoms with E-state index in [-0.39, 0.29) is 0 Å². The fraction of sp³-hybridized carbons (Fsp3) is 0.579. The molecular weight excluding hydrogens is 330 g/mol. The number of nitrogens with one attached hydrogen (secondary N) is 3. The van der Waals surface area contributed by atoms with Crippen LogP contribution in [-0.2, 0) is 11.3 Å². The predicted octanol–water partition coefficient (Wildman–Crippen LogP) is 2.40. The molecule has 1 amide bonds. The predicted molar refractivity (Wildman–Crippen MR) is 106 cm³/mol. The average molecular weight is 361 g/mol. The largest absolute Gasteiger partial charge is 0.453 e. The maximum atomic E-state index is 11.2. The fourth-order valence-corrected chi connectivity index (χ4v) is 3.13. The van der Waals surface area contributed by atoms with Gasteiger partial charge in [0.1, 0.15) is 0 Å². The van der Waals surface area contributed by atoms with Crippen LogP contribution < -0.4 is 16.0 Å². The maximum absolute atomic E-state index is 11.2. The fourth-order valence-electron chi connectivity index (χ4n) is 3.13. The van der Waals surface area contributed by atoms with Crippen LogP contribution in [0.25, 0.3) is 0 Å². The summed E-state index contributed by atoms with van der Waals surface area (Å²) in [4.78, 5) is 18.4. The van der Waals surface area contributed by atoms with E-state index in [1.807, 2.05) is 24.3 Å². The number of methoxy groups -OCH3 is 1. The molecule has 1 unspecified atom stereocenters. The molecule has 7 nitrogen and oxygen atoms in total. The molecule has 1 saturated heterocycles. The SMILES string of the molecule is CCNC(=NCc1ccc(NC(=O)OC)cc1)NCC1CCCN1CC. The van der Waals surface area contributed by atoms with Gasteiger partial charge in [-0.1, -0.05) is 19.1 Å². The Bertz CT molecular complexity index is 588. The van der Waals surface area contributed by atoms with Crippen LogP contribution in [0.15, 0.2) is 29.3 Å². The van der Waals surface area contributed by atoms with Crippen LogP contribution in [0.2, 0.25) is 0 Å². The highest BCUT2D eigenvalue weighted by molar-refractivity contribution is 5.84. The summed E-state index contributed by atoms with van der Waals surface area (Å²) in [5.74, 6) is 0.840. The molecule has 7 heteroatoms. The second-order valence-electron chi connectivity index (χ2n) is 6.31. The smallest absolute Gasteiger partial charge is 0.411 e. The molecule has 1 fully saturated rings. The summed E-state index contributed by atoms with van der Waals surface area (Å²) in [6, 6.07) is 8.19. The molecule has 26 heavy (non-hydrogen) atoms. The Morgan fingerprint density at radius 2 is 2.04 bits per heavy atom. The highest BCUT2D eigenvalue weighted by Crippen LogP contribution is 2.15. The van der Waals surface area contributed by atoms with Gasteiger partial charge in [-0.05, 0) is 50.6 Å². The van der Waals surface area contributed by atoms with E-state index < -0.39 is 6.09 Å². The topological polar surface area (TPSA) is 78.0 Å². The van der Waals surface area contributed by atoms with E-state index >= 15 is 0 Å². The third kappa shape index (κ3) is 6.22. The van der Waals surface area contributed by atoms with Crippen molar-refractivity contribution in [1.82, 2.24) is 15.5 Å². The Labute approximate surface area is 156 Å². The van der Waals surface area contributed by atoms with Crippen molar-refractivity contribution < 1.29 is 9.53 Å². The molecule has 0 saturated carbocycles. The number of carbonyl (C=O) groups excluding carboxylic acids is 1. The van der Waals surface area contributed by atoms with Gasteiger partial charge < -0.3 is 15.4 Å². The van der Waals surface area contributed by atoms with E-state index in [4.69, 9.17) is 0 Å². The monoisotopic (exact) mass is 361 g/mol. The minimum Gasteiger partial charge on any atom is -0.453 e. The van der Waals surface area contributed by atoms with Gasteiger partial charge in [0.15, 0.2) is 5.96 Å². The maximum Gasteiger partial charge on any atom is 0.411 e. The number of amides is 1. The number of benzene rings is 1. The first-order valence-corrected chi connectivity index (χ1v) is 9.36. The molecule has 0 spiro atoms. The summed E-state index contributed by atoms with van der Waals surface area (Å²) in [5.41, 5.74) is 1.78. The molecule has 0 radical (unpaired) electrons. The van der Waals surface area contributed by atoms with Crippen molar-refractivity contribution in [3.05, 3.63) is 29.8 Å². The van der Waals surface area contributed by atoms with Crippen LogP contribution in [0, 0.1) is 0 Å². The summed E-state index contributed by atoms with van der Waals surface area (Å²) in [6.07, 6.45) is 2.05. The van der Waals surface area contributed by atoms with Crippen LogP contribution in [0.5, 0.6) is 0 Å². The van der Waals surface area contributed by atoms with Gasteiger partial charge >= 0.3 is 6.09 Å². The van der Waals surface area contributed by atoms with Crippen LogP contribution in [0.1, 0.15) is 32.3 Å². The van der Waals surface area contributed by atoms with Gasteiger partial charge in [0.25, 0.3) is 0 Å². The van der Waals surface area contributed by atoms with Crippen molar-refractivity contribution >= 4 is 17.7 Å². The number of anilines is 1.